The number of amides is 2. The van der Waals surface area contributed by atoms with Crippen molar-refractivity contribution in [3.05, 3.63) is 52.8 Å². The van der Waals surface area contributed by atoms with Gasteiger partial charge >= 0.3 is 0 Å². The Hall–Kier alpha value is -2.45. The Labute approximate surface area is 173 Å². The van der Waals surface area contributed by atoms with Crippen molar-refractivity contribution in [1.29, 1.82) is 0 Å². The Morgan fingerprint density at radius 2 is 1.97 bits per heavy atom. The molecule has 2 amide bonds. The van der Waals surface area contributed by atoms with E-state index in [0.717, 1.165) is 17.3 Å². The summed E-state index contributed by atoms with van der Waals surface area (Å²) in [5.74, 6) is -1.22. The third-order valence-electron chi connectivity index (χ3n) is 4.86. The van der Waals surface area contributed by atoms with Crippen LogP contribution in [0.1, 0.15) is 25.8 Å². The summed E-state index contributed by atoms with van der Waals surface area (Å²) in [6, 6.07) is 8.39. The number of fused-ring (bicyclic) bond motifs is 1. The molecule has 0 bridgehead atoms. The molecular weight excluding hydrogens is 419 g/mol. The highest BCUT2D eigenvalue weighted by atomic mass is 35.5. The maximum Gasteiger partial charge on any atom is 0.225 e. The lowest BCUT2D eigenvalue weighted by Crippen LogP contribution is -2.26. The van der Waals surface area contributed by atoms with Crippen molar-refractivity contribution in [2.24, 2.45) is 0 Å². The number of anilines is 2. The van der Waals surface area contributed by atoms with Gasteiger partial charge in [-0.25, -0.2) is 12.8 Å². The van der Waals surface area contributed by atoms with Crippen LogP contribution in [0.5, 0.6) is 0 Å². The average Bonchev–Trinajstić information content (AvgIpc) is 3.08. The summed E-state index contributed by atoms with van der Waals surface area (Å²) in [6.45, 7) is 3.45. The largest absolute Gasteiger partial charge is 0.326 e. The molecule has 0 radical (unpaired) electrons. The van der Waals surface area contributed by atoms with Crippen LogP contribution >= 0.6 is 11.6 Å². The van der Waals surface area contributed by atoms with E-state index in [0.29, 0.717) is 13.0 Å². The molecule has 2 aromatic rings. The monoisotopic (exact) mass is 438 g/mol. The highest BCUT2D eigenvalue weighted by Crippen LogP contribution is 2.31. The molecule has 0 unspecified atom stereocenters. The molecule has 0 aliphatic carbocycles. The van der Waals surface area contributed by atoms with Gasteiger partial charge in [-0.2, -0.15) is 0 Å². The number of carbonyl (C=O) groups excluding carboxylic acids is 2. The number of sulfone groups is 1. The molecule has 1 N–H and O–H groups in total. The van der Waals surface area contributed by atoms with Gasteiger partial charge in [0, 0.05) is 31.3 Å². The first kappa shape index (κ1) is 21.3. The van der Waals surface area contributed by atoms with Crippen molar-refractivity contribution in [2.75, 3.05) is 16.8 Å². The van der Waals surface area contributed by atoms with E-state index in [1.54, 1.807) is 17.0 Å². The minimum Gasteiger partial charge on any atom is -0.326 e. The fourth-order valence-corrected chi connectivity index (χ4v) is 4.85. The summed E-state index contributed by atoms with van der Waals surface area (Å²) in [4.78, 5) is 25.6. The molecule has 3 rings (SSSR count). The van der Waals surface area contributed by atoms with Crippen molar-refractivity contribution in [1.82, 2.24) is 0 Å². The molecule has 0 saturated carbocycles. The Balaban J connectivity index is 1.73. The summed E-state index contributed by atoms with van der Waals surface area (Å²) in [7, 11) is -3.75. The predicted octanol–water partition coefficient (Wildman–Crippen LogP) is 3.58. The number of nitrogens with one attached hydrogen (secondary N) is 1. The van der Waals surface area contributed by atoms with Gasteiger partial charge in [-0.15, -0.1) is 0 Å². The third kappa shape index (κ3) is 4.43. The van der Waals surface area contributed by atoms with Crippen LogP contribution in [0, 0.1) is 5.82 Å². The standard InChI is InChI=1S/C20H20ClFN2O4S/c1-12(9-20(26)23-15-3-5-18(22)17(21)11-15)29(27,28)16-4-6-19-14(10-16)7-8-24(19)13(2)25/h3-6,10-12H,7-9H2,1-2H3,(H,23,26)/t12-/m1/s1. The van der Waals surface area contributed by atoms with Crippen LogP contribution in [0.15, 0.2) is 41.3 Å². The molecule has 1 heterocycles. The summed E-state index contributed by atoms with van der Waals surface area (Å²) in [5, 5.41) is 1.42. The SMILES string of the molecule is CC(=O)N1CCc2cc(S(=O)(=O)[C@H](C)CC(=O)Nc3ccc(F)c(Cl)c3)ccc21. The smallest absolute Gasteiger partial charge is 0.225 e. The van der Waals surface area contributed by atoms with Gasteiger partial charge in [-0.05, 0) is 55.3 Å². The maximum atomic E-state index is 13.2. The number of halogens is 2. The maximum absolute atomic E-state index is 13.2. The van der Waals surface area contributed by atoms with Crippen LogP contribution in [0.3, 0.4) is 0 Å². The molecule has 29 heavy (non-hydrogen) atoms. The number of hydrogen-bond donors (Lipinski definition) is 1. The summed E-state index contributed by atoms with van der Waals surface area (Å²) < 4.78 is 39.0. The second-order valence-corrected chi connectivity index (χ2v) is 9.72. The number of hydrogen-bond acceptors (Lipinski definition) is 4. The van der Waals surface area contributed by atoms with Gasteiger partial charge in [-0.1, -0.05) is 11.6 Å². The lowest BCUT2D eigenvalue weighted by molar-refractivity contribution is -0.117. The van der Waals surface area contributed by atoms with E-state index in [-0.39, 0.29) is 27.9 Å². The topological polar surface area (TPSA) is 83.6 Å². The molecule has 0 aromatic heterocycles. The van der Waals surface area contributed by atoms with Crippen molar-refractivity contribution in [3.8, 4) is 0 Å². The zero-order chi connectivity index (χ0) is 21.3. The molecule has 1 atom stereocenters. The molecule has 1 aliphatic heterocycles. The molecule has 9 heteroatoms. The van der Waals surface area contributed by atoms with E-state index in [2.05, 4.69) is 5.32 Å². The van der Waals surface area contributed by atoms with Gasteiger partial charge < -0.3 is 10.2 Å². The van der Waals surface area contributed by atoms with E-state index in [9.17, 15) is 22.4 Å². The van der Waals surface area contributed by atoms with Crippen molar-refractivity contribution in [3.63, 3.8) is 0 Å². The van der Waals surface area contributed by atoms with Crippen LogP contribution in [0.25, 0.3) is 0 Å². The lowest BCUT2D eigenvalue weighted by Gasteiger charge is -2.16. The Kier molecular flexibility index (Phi) is 5.95. The van der Waals surface area contributed by atoms with E-state index in [4.69, 9.17) is 11.6 Å². The van der Waals surface area contributed by atoms with Crippen LogP contribution in [-0.2, 0) is 25.8 Å². The second kappa shape index (κ2) is 8.12. The average molecular weight is 439 g/mol. The van der Waals surface area contributed by atoms with Gasteiger partial charge in [0.1, 0.15) is 5.82 Å². The first-order valence-corrected chi connectivity index (χ1v) is 10.9. The molecule has 0 saturated heterocycles. The van der Waals surface area contributed by atoms with Crippen LogP contribution in [0.4, 0.5) is 15.8 Å². The lowest BCUT2D eigenvalue weighted by atomic mass is 10.2. The van der Waals surface area contributed by atoms with Crippen molar-refractivity contribution < 1.29 is 22.4 Å². The third-order valence-corrected chi connectivity index (χ3v) is 7.29. The van der Waals surface area contributed by atoms with Crippen molar-refractivity contribution in [2.45, 2.75) is 36.8 Å². The van der Waals surface area contributed by atoms with Crippen LogP contribution < -0.4 is 10.2 Å². The Bertz CT molecular complexity index is 1090. The molecule has 6 nitrogen and oxygen atoms in total. The minimum atomic E-state index is -3.75. The minimum absolute atomic E-state index is 0.0923. The van der Waals surface area contributed by atoms with Gasteiger partial charge in [0.15, 0.2) is 9.84 Å². The number of nitrogens with zero attached hydrogens (tertiary/aromatic N) is 1. The molecule has 1 aliphatic rings. The van der Waals surface area contributed by atoms with Gasteiger partial charge in [0.25, 0.3) is 0 Å². The zero-order valence-corrected chi connectivity index (χ0v) is 17.5. The van der Waals surface area contributed by atoms with E-state index in [1.807, 2.05) is 0 Å². The number of benzene rings is 2. The molecule has 0 fully saturated rings. The fourth-order valence-electron chi connectivity index (χ4n) is 3.27. The summed E-state index contributed by atoms with van der Waals surface area (Å²) in [5.41, 5.74) is 1.79. The summed E-state index contributed by atoms with van der Waals surface area (Å²) >= 11 is 5.69. The number of carbonyl (C=O) groups is 2. The molecular formula is C20H20ClFN2O4S. The molecule has 0 spiro atoms. The highest BCUT2D eigenvalue weighted by Gasteiger charge is 2.29. The van der Waals surface area contributed by atoms with Gasteiger partial charge in [0.05, 0.1) is 15.2 Å². The number of rotatable bonds is 5. The Morgan fingerprint density at radius 3 is 2.62 bits per heavy atom. The highest BCUT2D eigenvalue weighted by molar-refractivity contribution is 7.92. The van der Waals surface area contributed by atoms with E-state index in [1.165, 1.54) is 32.0 Å². The van der Waals surface area contributed by atoms with E-state index < -0.39 is 26.8 Å². The fraction of sp³-hybridized carbons (Fsp3) is 0.300. The van der Waals surface area contributed by atoms with Gasteiger partial charge in [0.2, 0.25) is 11.8 Å². The Morgan fingerprint density at radius 1 is 1.24 bits per heavy atom. The zero-order valence-electron chi connectivity index (χ0n) is 15.9. The van der Waals surface area contributed by atoms with Crippen LogP contribution in [0.2, 0.25) is 5.02 Å². The quantitative estimate of drug-likeness (QED) is 0.773. The first-order chi connectivity index (χ1) is 13.6. The van der Waals surface area contributed by atoms with E-state index >= 15 is 0 Å². The predicted molar refractivity (Wildman–Crippen MR) is 109 cm³/mol. The first-order valence-electron chi connectivity index (χ1n) is 8.99. The summed E-state index contributed by atoms with van der Waals surface area (Å²) in [6.07, 6.45) is 0.312. The van der Waals surface area contributed by atoms with Crippen molar-refractivity contribution >= 4 is 44.6 Å². The molecule has 2 aromatic carbocycles. The van der Waals surface area contributed by atoms with Crippen LogP contribution in [-0.4, -0.2) is 32.0 Å². The normalized spacial score (nSPS) is 14.4. The van der Waals surface area contributed by atoms with Gasteiger partial charge in [-0.3, -0.25) is 9.59 Å². The molecule has 154 valence electrons. The second-order valence-electron chi connectivity index (χ2n) is 6.95.